The van der Waals surface area contributed by atoms with E-state index < -0.39 is 0 Å². The van der Waals surface area contributed by atoms with Gasteiger partial charge >= 0.3 is 0 Å². The molecule has 0 bridgehead atoms. The minimum Gasteiger partial charge on any atom is -0.497 e. The van der Waals surface area contributed by atoms with Gasteiger partial charge in [-0.25, -0.2) is 0 Å². The lowest BCUT2D eigenvalue weighted by Crippen LogP contribution is -2.23. The highest BCUT2D eigenvalue weighted by Gasteiger charge is 2.20. The van der Waals surface area contributed by atoms with E-state index in [1.165, 1.54) is 0 Å². The van der Waals surface area contributed by atoms with Crippen LogP contribution in [0.25, 0.3) is 27.7 Å². The molecule has 0 unspecified atom stereocenters. The second kappa shape index (κ2) is 11.7. The van der Waals surface area contributed by atoms with Gasteiger partial charge in [0.1, 0.15) is 22.8 Å². The fourth-order valence-corrected chi connectivity index (χ4v) is 4.50. The van der Waals surface area contributed by atoms with Gasteiger partial charge in [-0.2, -0.15) is 0 Å². The number of carbonyl (C=O) groups excluding carboxylic acids is 1. The van der Waals surface area contributed by atoms with Crippen LogP contribution in [-0.4, -0.2) is 33.3 Å². The van der Waals surface area contributed by atoms with Crippen LogP contribution in [0.15, 0.2) is 71.4 Å². The Labute approximate surface area is 217 Å². The molecule has 6 heteroatoms. The number of allylic oxidation sites excluding steroid dienone is 1. The van der Waals surface area contributed by atoms with Crippen molar-refractivity contribution in [1.29, 1.82) is 0 Å². The number of aryl methyl sites for hydroxylation is 1. The molecule has 1 heterocycles. The summed E-state index contributed by atoms with van der Waals surface area (Å²) in [5, 5.41) is 3.92. The summed E-state index contributed by atoms with van der Waals surface area (Å²) in [6.45, 7) is 6.87. The Bertz CT molecular complexity index is 1430. The highest BCUT2D eigenvalue weighted by Crippen LogP contribution is 2.42. The van der Waals surface area contributed by atoms with Crippen molar-refractivity contribution in [1.82, 2.24) is 5.32 Å². The second-order valence-corrected chi connectivity index (χ2v) is 8.76. The molecule has 4 rings (SSSR count). The molecule has 1 aromatic heterocycles. The molecular formula is C31H33NO5. The highest BCUT2D eigenvalue weighted by molar-refractivity contribution is 6.02. The number of amides is 1. The summed E-state index contributed by atoms with van der Waals surface area (Å²) >= 11 is 0. The number of fused-ring (bicyclic) bond motifs is 1. The van der Waals surface area contributed by atoms with Gasteiger partial charge in [0.05, 0.1) is 27.1 Å². The van der Waals surface area contributed by atoms with Crippen LogP contribution >= 0.6 is 0 Å². The summed E-state index contributed by atoms with van der Waals surface area (Å²) < 4.78 is 22.9. The van der Waals surface area contributed by atoms with Gasteiger partial charge in [0, 0.05) is 40.3 Å². The number of benzene rings is 3. The van der Waals surface area contributed by atoms with E-state index >= 15 is 0 Å². The lowest BCUT2D eigenvalue weighted by molar-refractivity contribution is -0.116. The van der Waals surface area contributed by atoms with E-state index in [1.54, 1.807) is 26.6 Å². The fourth-order valence-electron chi connectivity index (χ4n) is 4.50. The first-order valence-corrected chi connectivity index (χ1v) is 12.4. The first-order valence-electron chi connectivity index (χ1n) is 12.4. The number of rotatable bonds is 10. The number of ether oxygens (including phenoxy) is 3. The first kappa shape index (κ1) is 25.9. The quantitative estimate of drug-likeness (QED) is 0.249. The zero-order valence-corrected chi connectivity index (χ0v) is 22.0. The number of hydrogen-bond acceptors (Lipinski definition) is 5. The molecule has 6 nitrogen and oxygen atoms in total. The molecule has 0 saturated carbocycles. The Kier molecular flexibility index (Phi) is 8.18. The number of furan rings is 1. The first-order chi connectivity index (χ1) is 18.0. The monoisotopic (exact) mass is 499 g/mol. The van der Waals surface area contributed by atoms with Gasteiger partial charge in [0.15, 0.2) is 0 Å². The van der Waals surface area contributed by atoms with E-state index in [2.05, 4.69) is 5.32 Å². The van der Waals surface area contributed by atoms with E-state index in [1.807, 2.05) is 75.4 Å². The maximum Gasteiger partial charge on any atom is 0.244 e. The van der Waals surface area contributed by atoms with Gasteiger partial charge in [0.2, 0.25) is 5.91 Å². The van der Waals surface area contributed by atoms with E-state index in [4.69, 9.17) is 18.6 Å². The summed E-state index contributed by atoms with van der Waals surface area (Å²) in [6, 6.07) is 17.7. The van der Waals surface area contributed by atoms with Gasteiger partial charge in [-0.1, -0.05) is 30.3 Å². The summed E-state index contributed by atoms with van der Waals surface area (Å²) in [7, 11) is 3.30. The molecule has 37 heavy (non-hydrogen) atoms. The zero-order chi connectivity index (χ0) is 26.4. The van der Waals surface area contributed by atoms with E-state index in [-0.39, 0.29) is 5.91 Å². The van der Waals surface area contributed by atoms with Crippen molar-refractivity contribution in [3.05, 3.63) is 83.6 Å². The number of methoxy groups -OCH3 is 2. The molecule has 0 fully saturated rings. The van der Waals surface area contributed by atoms with Gasteiger partial charge in [-0.05, 0) is 62.6 Å². The fraction of sp³-hybridized carbons (Fsp3) is 0.258. The maximum absolute atomic E-state index is 12.8. The van der Waals surface area contributed by atoms with E-state index in [0.717, 1.165) is 55.9 Å². The average molecular weight is 500 g/mol. The Hall–Kier alpha value is -4.19. The lowest BCUT2D eigenvalue weighted by atomic mass is 9.96. The van der Waals surface area contributed by atoms with Crippen LogP contribution in [0, 0.1) is 6.92 Å². The van der Waals surface area contributed by atoms with Crippen molar-refractivity contribution in [3.8, 4) is 28.4 Å². The minimum atomic E-state index is -0.155. The number of hydrogen-bond donors (Lipinski definition) is 1. The molecule has 1 amide bonds. The lowest BCUT2D eigenvalue weighted by Gasteiger charge is -2.15. The Morgan fingerprint density at radius 2 is 1.84 bits per heavy atom. The molecular weight excluding hydrogens is 466 g/mol. The molecule has 4 aromatic rings. The summed E-state index contributed by atoms with van der Waals surface area (Å²) in [5.41, 5.74) is 6.27. The predicted octanol–water partition coefficient (Wildman–Crippen LogP) is 6.59. The molecule has 0 atom stereocenters. The maximum atomic E-state index is 12.8. The van der Waals surface area contributed by atoms with Crippen LogP contribution in [0.1, 0.15) is 30.5 Å². The normalized spacial score (nSPS) is 11.4. The average Bonchev–Trinajstić information content (AvgIpc) is 3.34. The summed E-state index contributed by atoms with van der Waals surface area (Å²) in [6.07, 6.45) is 4.08. The van der Waals surface area contributed by atoms with Crippen LogP contribution in [-0.2, 0) is 11.2 Å². The van der Waals surface area contributed by atoms with Gasteiger partial charge in [0.25, 0.3) is 0 Å². The minimum absolute atomic E-state index is 0.155. The highest BCUT2D eigenvalue weighted by atomic mass is 16.5. The summed E-state index contributed by atoms with van der Waals surface area (Å²) in [5.74, 6) is 2.13. The van der Waals surface area contributed by atoms with Crippen molar-refractivity contribution in [3.63, 3.8) is 0 Å². The van der Waals surface area contributed by atoms with Crippen LogP contribution in [0.4, 0.5) is 0 Å². The number of para-hydroxylation sites is 1. The summed E-state index contributed by atoms with van der Waals surface area (Å²) in [4.78, 5) is 12.8. The smallest absolute Gasteiger partial charge is 0.244 e. The predicted molar refractivity (Wildman–Crippen MR) is 147 cm³/mol. The third-order valence-corrected chi connectivity index (χ3v) is 6.35. The SMILES string of the molecule is CCOc1c(/C(C)=C/C(=O)NCCc2cccc(OC)c2)cc2c(-c3ccccc3OC)coc2c1C. The molecule has 0 saturated heterocycles. The third kappa shape index (κ3) is 5.64. The van der Waals surface area contributed by atoms with Crippen molar-refractivity contribution < 1.29 is 23.4 Å². The molecule has 0 aliphatic heterocycles. The molecule has 0 aliphatic carbocycles. The Balaban J connectivity index is 1.63. The molecule has 0 radical (unpaired) electrons. The molecule has 1 N–H and O–H groups in total. The van der Waals surface area contributed by atoms with Gasteiger partial charge in [-0.15, -0.1) is 0 Å². The van der Waals surface area contributed by atoms with Crippen LogP contribution < -0.4 is 19.5 Å². The number of carbonyl (C=O) groups is 1. The third-order valence-electron chi connectivity index (χ3n) is 6.35. The second-order valence-electron chi connectivity index (χ2n) is 8.76. The van der Waals surface area contributed by atoms with Crippen LogP contribution in [0.2, 0.25) is 0 Å². The van der Waals surface area contributed by atoms with E-state index in [0.29, 0.717) is 25.3 Å². The Morgan fingerprint density at radius 3 is 2.59 bits per heavy atom. The standard InChI is InChI=1S/C31H33NO5/c1-6-36-30-21(3)31-26(27(19-37-31)24-12-7-8-13-28(24)35-5)18-25(30)20(2)16-29(33)32-15-14-22-10-9-11-23(17-22)34-4/h7-13,16-19H,6,14-15H2,1-5H3,(H,32,33)/b20-16+. The molecule has 192 valence electrons. The number of nitrogens with one attached hydrogen (secondary N) is 1. The van der Waals surface area contributed by atoms with Gasteiger partial charge < -0.3 is 23.9 Å². The van der Waals surface area contributed by atoms with Gasteiger partial charge in [-0.3, -0.25) is 4.79 Å². The topological polar surface area (TPSA) is 69.9 Å². The van der Waals surface area contributed by atoms with Crippen molar-refractivity contribution in [2.75, 3.05) is 27.4 Å². The molecule has 3 aromatic carbocycles. The van der Waals surface area contributed by atoms with Crippen LogP contribution in [0.3, 0.4) is 0 Å². The largest absolute Gasteiger partial charge is 0.497 e. The molecule has 0 aliphatic rings. The van der Waals surface area contributed by atoms with E-state index in [9.17, 15) is 4.79 Å². The molecule has 0 spiro atoms. The van der Waals surface area contributed by atoms with Crippen molar-refractivity contribution in [2.45, 2.75) is 27.2 Å². The van der Waals surface area contributed by atoms with Crippen LogP contribution in [0.5, 0.6) is 17.2 Å². The van der Waals surface area contributed by atoms with Crippen molar-refractivity contribution in [2.24, 2.45) is 0 Å². The zero-order valence-electron chi connectivity index (χ0n) is 22.0. The Morgan fingerprint density at radius 1 is 1.03 bits per heavy atom. The van der Waals surface area contributed by atoms with Crippen molar-refractivity contribution >= 4 is 22.4 Å².